The maximum absolute atomic E-state index is 12.1. The van der Waals surface area contributed by atoms with E-state index >= 15 is 0 Å². The Labute approximate surface area is 121 Å². The molecule has 0 saturated heterocycles. The Kier molecular flexibility index (Phi) is 4.15. The number of amides is 1. The summed E-state index contributed by atoms with van der Waals surface area (Å²) in [6.07, 6.45) is 0. The standard InChI is InChI=1S/C15H14ClNO3/c1-9(13-4-2-3-5-14(13)16)17-15(20)10-6-11(18)8-12(19)7-10/h2-9,18-19H,1H3,(H,17,20). The summed E-state index contributed by atoms with van der Waals surface area (Å²) in [6.45, 7) is 1.81. The van der Waals surface area contributed by atoms with Gasteiger partial charge in [-0.2, -0.15) is 0 Å². The quantitative estimate of drug-likeness (QED) is 0.813. The summed E-state index contributed by atoms with van der Waals surface area (Å²) in [6, 6.07) is 10.7. The van der Waals surface area contributed by atoms with Crippen molar-refractivity contribution in [3.8, 4) is 11.5 Å². The Morgan fingerprint density at radius 2 is 1.75 bits per heavy atom. The zero-order chi connectivity index (χ0) is 14.7. The van der Waals surface area contributed by atoms with Crippen LogP contribution in [0.4, 0.5) is 0 Å². The van der Waals surface area contributed by atoms with E-state index < -0.39 is 5.91 Å². The lowest BCUT2D eigenvalue weighted by Gasteiger charge is -2.16. The topological polar surface area (TPSA) is 69.6 Å². The lowest BCUT2D eigenvalue weighted by molar-refractivity contribution is 0.0939. The maximum Gasteiger partial charge on any atom is 0.252 e. The van der Waals surface area contributed by atoms with Gasteiger partial charge in [-0.15, -0.1) is 0 Å². The van der Waals surface area contributed by atoms with Crippen LogP contribution in [0.15, 0.2) is 42.5 Å². The number of nitrogens with one attached hydrogen (secondary N) is 1. The lowest BCUT2D eigenvalue weighted by atomic mass is 10.1. The average Bonchev–Trinajstić information content (AvgIpc) is 2.37. The molecule has 5 heteroatoms. The fourth-order valence-electron chi connectivity index (χ4n) is 1.91. The first-order valence-electron chi connectivity index (χ1n) is 6.05. The van der Waals surface area contributed by atoms with Gasteiger partial charge in [-0.3, -0.25) is 4.79 Å². The number of hydrogen-bond acceptors (Lipinski definition) is 3. The molecule has 0 aliphatic heterocycles. The molecule has 20 heavy (non-hydrogen) atoms. The lowest BCUT2D eigenvalue weighted by Crippen LogP contribution is -2.26. The van der Waals surface area contributed by atoms with E-state index in [9.17, 15) is 15.0 Å². The SMILES string of the molecule is CC(NC(=O)c1cc(O)cc(O)c1)c1ccccc1Cl. The van der Waals surface area contributed by atoms with Crippen LogP contribution in [0.1, 0.15) is 28.9 Å². The van der Waals surface area contributed by atoms with Gasteiger partial charge in [-0.1, -0.05) is 29.8 Å². The summed E-state index contributed by atoms with van der Waals surface area (Å²) in [4.78, 5) is 12.1. The Morgan fingerprint density at radius 1 is 1.15 bits per heavy atom. The molecule has 104 valence electrons. The minimum atomic E-state index is -0.399. The first-order chi connectivity index (χ1) is 9.47. The number of phenols is 2. The molecule has 1 unspecified atom stereocenters. The van der Waals surface area contributed by atoms with E-state index in [1.165, 1.54) is 12.1 Å². The summed E-state index contributed by atoms with van der Waals surface area (Å²) >= 11 is 6.07. The van der Waals surface area contributed by atoms with Gasteiger partial charge in [0.05, 0.1) is 6.04 Å². The zero-order valence-corrected chi connectivity index (χ0v) is 11.6. The molecule has 1 amide bonds. The molecule has 0 aliphatic rings. The van der Waals surface area contributed by atoms with Crippen LogP contribution < -0.4 is 5.32 Å². The normalized spacial score (nSPS) is 11.9. The molecule has 0 heterocycles. The highest BCUT2D eigenvalue weighted by atomic mass is 35.5. The van der Waals surface area contributed by atoms with Gasteiger partial charge in [0.25, 0.3) is 5.91 Å². The van der Waals surface area contributed by atoms with Gasteiger partial charge in [0, 0.05) is 16.7 Å². The minimum Gasteiger partial charge on any atom is -0.508 e. The Hall–Kier alpha value is -2.20. The molecule has 2 aromatic rings. The van der Waals surface area contributed by atoms with Crippen LogP contribution in [0.2, 0.25) is 5.02 Å². The van der Waals surface area contributed by atoms with Crippen LogP contribution in [0.25, 0.3) is 0 Å². The highest BCUT2D eigenvalue weighted by molar-refractivity contribution is 6.31. The van der Waals surface area contributed by atoms with E-state index in [-0.39, 0.29) is 23.1 Å². The number of carbonyl (C=O) groups is 1. The summed E-state index contributed by atoms with van der Waals surface area (Å²) in [7, 11) is 0. The number of aromatic hydroxyl groups is 2. The van der Waals surface area contributed by atoms with Crippen molar-refractivity contribution in [3.05, 3.63) is 58.6 Å². The molecule has 0 fully saturated rings. The number of benzene rings is 2. The van der Waals surface area contributed by atoms with Crippen LogP contribution in [-0.4, -0.2) is 16.1 Å². The Bertz CT molecular complexity index is 623. The molecule has 0 aromatic heterocycles. The first-order valence-corrected chi connectivity index (χ1v) is 6.43. The maximum atomic E-state index is 12.1. The second-order valence-corrected chi connectivity index (χ2v) is 4.86. The van der Waals surface area contributed by atoms with Crippen molar-refractivity contribution in [1.29, 1.82) is 0 Å². The van der Waals surface area contributed by atoms with E-state index in [1.54, 1.807) is 6.07 Å². The summed E-state index contributed by atoms with van der Waals surface area (Å²) < 4.78 is 0. The smallest absolute Gasteiger partial charge is 0.252 e. The summed E-state index contributed by atoms with van der Waals surface area (Å²) in [5.74, 6) is -0.732. The third kappa shape index (κ3) is 3.22. The third-order valence-corrected chi connectivity index (χ3v) is 3.23. The minimum absolute atomic E-state index is 0.166. The van der Waals surface area contributed by atoms with Crippen molar-refractivity contribution >= 4 is 17.5 Å². The molecule has 2 rings (SSSR count). The van der Waals surface area contributed by atoms with Gasteiger partial charge in [-0.25, -0.2) is 0 Å². The van der Waals surface area contributed by atoms with Crippen LogP contribution in [0.3, 0.4) is 0 Å². The second kappa shape index (κ2) is 5.84. The number of phenolic OH excluding ortho intramolecular Hbond substituents is 2. The molecule has 1 atom stereocenters. The van der Waals surface area contributed by atoms with Gasteiger partial charge in [-0.05, 0) is 30.7 Å². The third-order valence-electron chi connectivity index (χ3n) is 2.88. The van der Waals surface area contributed by atoms with Gasteiger partial charge in [0.1, 0.15) is 11.5 Å². The molecular formula is C15H14ClNO3. The highest BCUT2D eigenvalue weighted by Crippen LogP contribution is 2.24. The number of carbonyl (C=O) groups excluding carboxylic acids is 1. The van der Waals surface area contributed by atoms with Crippen molar-refractivity contribution in [3.63, 3.8) is 0 Å². The number of halogens is 1. The molecular weight excluding hydrogens is 278 g/mol. The Balaban J connectivity index is 2.17. The monoisotopic (exact) mass is 291 g/mol. The highest BCUT2D eigenvalue weighted by Gasteiger charge is 2.14. The van der Waals surface area contributed by atoms with Crippen LogP contribution in [0.5, 0.6) is 11.5 Å². The van der Waals surface area contributed by atoms with Crippen molar-refractivity contribution < 1.29 is 15.0 Å². The molecule has 4 nitrogen and oxygen atoms in total. The molecule has 2 aromatic carbocycles. The van der Waals surface area contributed by atoms with E-state index in [0.717, 1.165) is 11.6 Å². The molecule has 0 radical (unpaired) electrons. The molecule has 0 bridgehead atoms. The van der Waals surface area contributed by atoms with Crippen molar-refractivity contribution in [2.45, 2.75) is 13.0 Å². The van der Waals surface area contributed by atoms with Gasteiger partial charge in [0.2, 0.25) is 0 Å². The van der Waals surface area contributed by atoms with Gasteiger partial charge >= 0.3 is 0 Å². The predicted octanol–water partition coefficient (Wildman–Crippen LogP) is 3.24. The van der Waals surface area contributed by atoms with E-state index in [0.29, 0.717) is 5.02 Å². The summed E-state index contributed by atoms with van der Waals surface area (Å²) in [5.41, 5.74) is 0.980. The molecule has 3 N–H and O–H groups in total. The first kappa shape index (κ1) is 14.2. The molecule has 0 spiro atoms. The Morgan fingerprint density at radius 3 is 2.35 bits per heavy atom. The van der Waals surface area contributed by atoms with Crippen LogP contribution in [0, 0.1) is 0 Å². The second-order valence-electron chi connectivity index (χ2n) is 4.45. The number of hydrogen-bond donors (Lipinski definition) is 3. The van der Waals surface area contributed by atoms with E-state index in [1.807, 2.05) is 25.1 Å². The van der Waals surface area contributed by atoms with Crippen molar-refractivity contribution in [1.82, 2.24) is 5.32 Å². The molecule has 0 aliphatic carbocycles. The largest absolute Gasteiger partial charge is 0.508 e. The van der Waals surface area contributed by atoms with Gasteiger partial charge in [0.15, 0.2) is 0 Å². The summed E-state index contributed by atoms with van der Waals surface area (Å²) in [5, 5.41) is 22.1. The predicted molar refractivity (Wildman–Crippen MR) is 77.1 cm³/mol. The fraction of sp³-hybridized carbons (Fsp3) is 0.133. The van der Waals surface area contributed by atoms with Crippen molar-refractivity contribution in [2.24, 2.45) is 0 Å². The zero-order valence-electron chi connectivity index (χ0n) is 10.8. The van der Waals surface area contributed by atoms with Crippen LogP contribution in [-0.2, 0) is 0 Å². The molecule has 0 saturated carbocycles. The fourth-order valence-corrected chi connectivity index (χ4v) is 2.21. The van der Waals surface area contributed by atoms with Crippen molar-refractivity contribution in [2.75, 3.05) is 0 Å². The van der Waals surface area contributed by atoms with Crippen LogP contribution >= 0.6 is 11.6 Å². The van der Waals surface area contributed by atoms with Gasteiger partial charge < -0.3 is 15.5 Å². The average molecular weight is 292 g/mol. The number of rotatable bonds is 3. The van der Waals surface area contributed by atoms with E-state index in [2.05, 4.69) is 5.32 Å². The van der Waals surface area contributed by atoms with E-state index in [4.69, 9.17) is 11.6 Å².